The number of hydrogen-bond donors (Lipinski definition) is 1. The molecule has 2 N–H and O–H groups in total. The van der Waals surface area contributed by atoms with Gasteiger partial charge in [0.05, 0.1) is 11.1 Å². The van der Waals surface area contributed by atoms with Crippen molar-refractivity contribution in [3.8, 4) is 5.75 Å². The van der Waals surface area contributed by atoms with Crippen molar-refractivity contribution in [3.63, 3.8) is 0 Å². The molecule has 0 bridgehead atoms. The van der Waals surface area contributed by atoms with Crippen LogP contribution < -0.4 is 10.5 Å². The van der Waals surface area contributed by atoms with E-state index in [1.165, 1.54) is 5.56 Å². The molecule has 1 atom stereocenters. The van der Waals surface area contributed by atoms with Crippen molar-refractivity contribution in [1.82, 2.24) is 0 Å². The van der Waals surface area contributed by atoms with Crippen LogP contribution in [-0.4, -0.2) is 12.6 Å². The first-order chi connectivity index (χ1) is 7.49. The van der Waals surface area contributed by atoms with Gasteiger partial charge in [0, 0.05) is 6.04 Å². The van der Waals surface area contributed by atoms with Crippen LogP contribution in [0.15, 0.2) is 22.7 Å². The largest absolute Gasteiger partial charge is 0.492 e. The number of ether oxygens (including phenoxy) is 1. The summed E-state index contributed by atoms with van der Waals surface area (Å²) in [7, 11) is 0. The lowest BCUT2D eigenvalue weighted by Gasteiger charge is -2.12. The van der Waals surface area contributed by atoms with Gasteiger partial charge in [-0.05, 0) is 52.9 Å². The number of halogens is 1. The number of rotatable bonds is 5. The second-order valence-electron chi connectivity index (χ2n) is 4.65. The minimum atomic E-state index is 0.189. The van der Waals surface area contributed by atoms with Crippen molar-refractivity contribution in [1.29, 1.82) is 0 Å². The van der Waals surface area contributed by atoms with E-state index in [4.69, 9.17) is 10.5 Å². The van der Waals surface area contributed by atoms with Crippen LogP contribution in [-0.2, 0) is 6.42 Å². The molecule has 0 radical (unpaired) electrons. The Labute approximate surface area is 106 Å². The van der Waals surface area contributed by atoms with Crippen molar-refractivity contribution in [2.24, 2.45) is 11.7 Å². The highest BCUT2D eigenvalue weighted by atomic mass is 79.9. The summed E-state index contributed by atoms with van der Waals surface area (Å²) in [6, 6.07) is 6.35. The summed E-state index contributed by atoms with van der Waals surface area (Å²) in [6.07, 6.45) is 0.892. The molecule has 0 aliphatic rings. The van der Waals surface area contributed by atoms with Gasteiger partial charge in [-0.1, -0.05) is 19.9 Å². The molecular formula is C13H20BrNO. The van der Waals surface area contributed by atoms with Crippen LogP contribution in [0.5, 0.6) is 5.75 Å². The Balaban J connectivity index is 2.67. The van der Waals surface area contributed by atoms with E-state index in [9.17, 15) is 0 Å². The average Bonchev–Trinajstić information content (AvgIpc) is 2.15. The summed E-state index contributed by atoms with van der Waals surface area (Å²) in [4.78, 5) is 0. The Morgan fingerprint density at radius 2 is 2.00 bits per heavy atom. The number of nitrogens with two attached hydrogens (primary N) is 1. The third-order valence-corrected chi connectivity index (χ3v) is 2.75. The van der Waals surface area contributed by atoms with Gasteiger partial charge in [0.2, 0.25) is 0 Å². The minimum absolute atomic E-state index is 0.189. The molecule has 0 aliphatic carbocycles. The molecule has 0 saturated carbocycles. The third-order valence-electron chi connectivity index (χ3n) is 2.13. The standard InChI is InChI=1S/C13H20BrNO/c1-9(2)8-16-13-5-4-11(6-10(3)15)7-12(13)14/h4-5,7,9-10H,6,8,15H2,1-3H3. The van der Waals surface area contributed by atoms with Crippen LogP contribution in [0, 0.1) is 5.92 Å². The average molecular weight is 286 g/mol. The van der Waals surface area contributed by atoms with Crippen LogP contribution in [0.2, 0.25) is 0 Å². The van der Waals surface area contributed by atoms with Gasteiger partial charge in [-0.25, -0.2) is 0 Å². The van der Waals surface area contributed by atoms with Gasteiger partial charge < -0.3 is 10.5 Å². The van der Waals surface area contributed by atoms with Crippen LogP contribution in [0.3, 0.4) is 0 Å². The lowest BCUT2D eigenvalue weighted by molar-refractivity contribution is 0.269. The van der Waals surface area contributed by atoms with Gasteiger partial charge in [-0.15, -0.1) is 0 Å². The van der Waals surface area contributed by atoms with E-state index in [0.717, 1.165) is 23.2 Å². The highest BCUT2D eigenvalue weighted by molar-refractivity contribution is 9.10. The molecule has 0 aromatic heterocycles. The molecule has 1 rings (SSSR count). The quantitative estimate of drug-likeness (QED) is 0.900. The fourth-order valence-electron chi connectivity index (χ4n) is 1.42. The van der Waals surface area contributed by atoms with E-state index in [-0.39, 0.29) is 6.04 Å². The molecule has 2 nitrogen and oxygen atoms in total. The van der Waals surface area contributed by atoms with E-state index in [1.54, 1.807) is 0 Å². The van der Waals surface area contributed by atoms with Gasteiger partial charge in [-0.2, -0.15) is 0 Å². The topological polar surface area (TPSA) is 35.2 Å². The second-order valence-corrected chi connectivity index (χ2v) is 5.51. The van der Waals surface area contributed by atoms with Gasteiger partial charge in [0.25, 0.3) is 0 Å². The van der Waals surface area contributed by atoms with Crippen LogP contribution in [0.1, 0.15) is 26.3 Å². The lowest BCUT2D eigenvalue weighted by Crippen LogP contribution is -2.17. The Kier molecular flexibility index (Phi) is 5.29. The summed E-state index contributed by atoms with van der Waals surface area (Å²) in [5, 5.41) is 0. The first-order valence-corrected chi connectivity index (χ1v) is 6.45. The smallest absolute Gasteiger partial charge is 0.133 e. The summed E-state index contributed by atoms with van der Waals surface area (Å²) < 4.78 is 6.69. The Morgan fingerprint density at radius 1 is 1.31 bits per heavy atom. The Bertz CT molecular complexity index is 337. The molecule has 1 aromatic rings. The second kappa shape index (κ2) is 6.26. The molecule has 0 heterocycles. The molecular weight excluding hydrogens is 266 g/mol. The SMILES string of the molecule is CC(C)COc1ccc(CC(C)N)cc1Br. The van der Waals surface area contributed by atoms with Crippen molar-refractivity contribution in [2.45, 2.75) is 33.2 Å². The molecule has 16 heavy (non-hydrogen) atoms. The van der Waals surface area contributed by atoms with Crippen molar-refractivity contribution < 1.29 is 4.74 Å². The maximum absolute atomic E-state index is 5.76. The van der Waals surface area contributed by atoms with Crippen LogP contribution >= 0.6 is 15.9 Å². The monoisotopic (exact) mass is 285 g/mol. The van der Waals surface area contributed by atoms with E-state index in [0.29, 0.717) is 5.92 Å². The van der Waals surface area contributed by atoms with Crippen LogP contribution in [0.25, 0.3) is 0 Å². The van der Waals surface area contributed by atoms with Gasteiger partial charge >= 0.3 is 0 Å². The zero-order valence-corrected chi connectivity index (χ0v) is 11.8. The van der Waals surface area contributed by atoms with E-state index in [1.807, 2.05) is 13.0 Å². The predicted molar refractivity (Wildman–Crippen MR) is 71.8 cm³/mol. The number of benzene rings is 1. The molecule has 0 aliphatic heterocycles. The molecule has 0 amide bonds. The zero-order valence-electron chi connectivity index (χ0n) is 10.2. The van der Waals surface area contributed by atoms with E-state index < -0.39 is 0 Å². The summed E-state index contributed by atoms with van der Waals surface area (Å²) in [6.45, 7) is 7.03. The molecule has 3 heteroatoms. The van der Waals surface area contributed by atoms with Gasteiger partial charge in [-0.3, -0.25) is 0 Å². The minimum Gasteiger partial charge on any atom is -0.492 e. The summed E-state index contributed by atoms with van der Waals surface area (Å²) >= 11 is 3.52. The van der Waals surface area contributed by atoms with Crippen molar-refractivity contribution in [2.75, 3.05) is 6.61 Å². The Morgan fingerprint density at radius 3 is 2.50 bits per heavy atom. The predicted octanol–water partition coefficient (Wildman–Crippen LogP) is 3.37. The third kappa shape index (κ3) is 4.54. The first kappa shape index (κ1) is 13.5. The molecule has 0 fully saturated rings. The highest BCUT2D eigenvalue weighted by Crippen LogP contribution is 2.26. The van der Waals surface area contributed by atoms with Crippen molar-refractivity contribution in [3.05, 3.63) is 28.2 Å². The lowest BCUT2D eigenvalue weighted by atomic mass is 10.1. The Hall–Kier alpha value is -0.540. The highest BCUT2D eigenvalue weighted by Gasteiger charge is 2.05. The fraction of sp³-hybridized carbons (Fsp3) is 0.538. The maximum Gasteiger partial charge on any atom is 0.133 e. The van der Waals surface area contributed by atoms with E-state index >= 15 is 0 Å². The molecule has 1 aromatic carbocycles. The normalized spacial score (nSPS) is 12.9. The van der Waals surface area contributed by atoms with Crippen LogP contribution in [0.4, 0.5) is 0 Å². The molecule has 0 saturated heterocycles. The summed E-state index contributed by atoms with van der Waals surface area (Å²) in [5.74, 6) is 1.44. The van der Waals surface area contributed by atoms with Crippen molar-refractivity contribution >= 4 is 15.9 Å². The fourth-order valence-corrected chi connectivity index (χ4v) is 1.96. The van der Waals surface area contributed by atoms with E-state index in [2.05, 4.69) is 41.9 Å². The first-order valence-electron chi connectivity index (χ1n) is 5.66. The molecule has 90 valence electrons. The number of hydrogen-bond acceptors (Lipinski definition) is 2. The zero-order chi connectivity index (χ0) is 12.1. The van der Waals surface area contributed by atoms with Gasteiger partial charge in [0.1, 0.15) is 5.75 Å². The van der Waals surface area contributed by atoms with Gasteiger partial charge in [0.15, 0.2) is 0 Å². The molecule has 1 unspecified atom stereocenters. The maximum atomic E-state index is 5.76. The summed E-state index contributed by atoms with van der Waals surface area (Å²) in [5.41, 5.74) is 7.00. The molecule has 0 spiro atoms.